The summed E-state index contributed by atoms with van der Waals surface area (Å²) < 4.78 is 0. The molecule has 0 bridgehead atoms. The lowest BCUT2D eigenvalue weighted by atomic mass is 9.93. The van der Waals surface area contributed by atoms with Crippen LogP contribution in [0.3, 0.4) is 0 Å². The van der Waals surface area contributed by atoms with Crippen molar-refractivity contribution in [3.63, 3.8) is 0 Å². The van der Waals surface area contributed by atoms with E-state index in [1.807, 2.05) is 12.6 Å². The van der Waals surface area contributed by atoms with Crippen LogP contribution in [0.4, 0.5) is 5.82 Å². The molecular weight excluding hydrogens is 294 g/mol. The monoisotopic (exact) mass is 317 g/mol. The predicted octanol–water partition coefficient (Wildman–Crippen LogP) is 2.74. The lowest BCUT2D eigenvalue weighted by Gasteiger charge is -2.32. The normalized spacial score (nSPS) is 19.3. The van der Waals surface area contributed by atoms with Gasteiger partial charge in [0, 0.05) is 37.4 Å². The minimum Gasteiger partial charge on any atom is -0.372 e. The maximum absolute atomic E-state index is 4.51. The first-order valence-electron chi connectivity index (χ1n) is 7.85. The average Bonchev–Trinajstić information content (AvgIpc) is 2.93. The SMILES string of the molecule is CNc1nccnc1C[C@@H]1CCCN(Cc2scnc2C)C1. The molecule has 2 aromatic rings. The van der Waals surface area contributed by atoms with Crippen LogP contribution in [0.25, 0.3) is 0 Å². The second-order valence-corrected chi connectivity index (χ2v) is 6.85. The molecule has 0 radical (unpaired) electrons. The molecule has 5 nitrogen and oxygen atoms in total. The Kier molecular flexibility index (Phi) is 5.00. The number of hydrogen-bond acceptors (Lipinski definition) is 6. The second-order valence-electron chi connectivity index (χ2n) is 5.91. The number of aryl methyl sites for hydroxylation is 1. The van der Waals surface area contributed by atoms with E-state index in [-0.39, 0.29) is 0 Å². The predicted molar refractivity (Wildman–Crippen MR) is 90.1 cm³/mol. The fraction of sp³-hybridized carbons (Fsp3) is 0.562. The molecule has 3 rings (SSSR count). The molecule has 118 valence electrons. The summed E-state index contributed by atoms with van der Waals surface area (Å²) in [5, 5.41) is 3.15. The summed E-state index contributed by atoms with van der Waals surface area (Å²) in [7, 11) is 1.91. The molecule has 1 N–H and O–H groups in total. The Balaban J connectivity index is 1.62. The van der Waals surface area contributed by atoms with E-state index in [2.05, 4.69) is 32.1 Å². The third-order valence-corrected chi connectivity index (χ3v) is 5.23. The van der Waals surface area contributed by atoms with Gasteiger partial charge in [0.15, 0.2) is 0 Å². The molecule has 1 fully saturated rings. The molecule has 1 atom stereocenters. The quantitative estimate of drug-likeness (QED) is 0.919. The third kappa shape index (κ3) is 3.62. The number of nitrogens with one attached hydrogen (secondary N) is 1. The van der Waals surface area contributed by atoms with Crippen molar-refractivity contribution < 1.29 is 0 Å². The Labute approximate surface area is 135 Å². The zero-order chi connectivity index (χ0) is 15.4. The van der Waals surface area contributed by atoms with Crippen LogP contribution in [0, 0.1) is 12.8 Å². The number of likely N-dealkylation sites (tertiary alicyclic amines) is 1. The summed E-state index contributed by atoms with van der Waals surface area (Å²) in [6.45, 7) is 5.46. The molecule has 0 amide bonds. The van der Waals surface area contributed by atoms with E-state index in [1.165, 1.54) is 30.0 Å². The first kappa shape index (κ1) is 15.4. The van der Waals surface area contributed by atoms with E-state index in [1.54, 1.807) is 23.7 Å². The summed E-state index contributed by atoms with van der Waals surface area (Å²) in [5.41, 5.74) is 4.22. The molecule has 0 spiro atoms. The lowest BCUT2D eigenvalue weighted by Crippen LogP contribution is -2.35. The van der Waals surface area contributed by atoms with Crippen LogP contribution in [0.2, 0.25) is 0 Å². The second kappa shape index (κ2) is 7.15. The van der Waals surface area contributed by atoms with E-state index in [0.717, 1.165) is 31.0 Å². The van der Waals surface area contributed by atoms with Gasteiger partial charge in [-0.15, -0.1) is 11.3 Å². The number of aromatic nitrogens is 3. The fourth-order valence-electron chi connectivity index (χ4n) is 3.14. The number of piperidine rings is 1. The van der Waals surface area contributed by atoms with Crippen molar-refractivity contribution in [2.45, 2.75) is 32.7 Å². The molecule has 6 heteroatoms. The third-order valence-electron chi connectivity index (χ3n) is 4.31. The van der Waals surface area contributed by atoms with Gasteiger partial charge >= 0.3 is 0 Å². The van der Waals surface area contributed by atoms with Gasteiger partial charge in [0.2, 0.25) is 0 Å². The van der Waals surface area contributed by atoms with Gasteiger partial charge in [-0.1, -0.05) is 0 Å². The largest absolute Gasteiger partial charge is 0.372 e. The summed E-state index contributed by atoms with van der Waals surface area (Å²) in [6.07, 6.45) is 7.07. The van der Waals surface area contributed by atoms with Gasteiger partial charge < -0.3 is 5.32 Å². The Morgan fingerprint density at radius 1 is 1.32 bits per heavy atom. The number of nitrogens with zero attached hydrogens (tertiary/aromatic N) is 4. The molecule has 0 unspecified atom stereocenters. The van der Waals surface area contributed by atoms with E-state index in [0.29, 0.717) is 5.92 Å². The number of rotatable bonds is 5. The van der Waals surface area contributed by atoms with E-state index in [4.69, 9.17) is 0 Å². The van der Waals surface area contributed by atoms with Crippen LogP contribution in [-0.2, 0) is 13.0 Å². The molecule has 3 heterocycles. The Bertz CT molecular complexity index is 612. The van der Waals surface area contributed by atoms with E-state index >= 15 is 0 Å². The van der Waals surface area contributed by atoms with Crippen molar-refractivity contribution in [1.82, 2.24) is 19.9 Å². The first-order chi connectivity index (χ1) is 10.8. The maximum atomic E-state index is 4.51. The summed E-state index contributed by atoms with van der Waals surface area (Å²) in [4.78, 5) is 17.2. The highest BCUT2D eigenvalue weighted by Gasteiger charge is 2.22. The highest BCUT2D eigenvalue weighted by atomic mass is 32.1. The van der Waals surface area contributed by atoms with Crippen molar-refractivity contribution in [3.8, 4) is 0 Å². The van der Waals surface area contributed by atoms with Gasteiger partial charge in [-0.2, -0.15) is 0 Å². The molecule has 2 aromatic heterocycles. The fourth-order valence-corrected chi connectivity index (χ4v) is 3.96. The van der Waals surface area contributed by atoms with Gasteiger partial charge in [-0.3, -0.25) is 9.88 Å². The topological polar surface area (TPSA) is 53.9 Å². The molecule has 0 aromatic carbocycles. The zero-order valence-corrected chi connectivity index (χ0v) is 14.1. The maximum Gasteiger partial charge on any atom is 0.147 e. The van der Waals surface area contributed by atoms with Crippen LogP contribution in [0.5, 0.6) is 0 Å². The minimum atomic E-state index is 0.658. The van der Waals surface area contributed by atoms with Crippen LogP contribution in [-0.4, -0.2) is 40.0 Å². The van der Waals surface area contributed by atoms with Gasteiger partial charge in [-0.25, -0.2) is 9.97 Å². The number of thiazole rings is 1. The Morgan fingerprint density at radius 2 is 2.18 bits per heavy atom. The van der Waals surface area contributed by atoms with Crippen molar-refractivity contribution in [3.05, 3.63) is 34.2 Å². The molecule has 1 aliphatic heterocycles. The smallest absolute Gasteiger partial charge is 0.147 e. The van der Waals surface area contributed by atoms with Gasteiger partial charge in [0.25, 0.3) is 0 Å². The summed E-state index contributed by atoms with van der Waals surface area (Å²) in [5.74, 6) is 1.57. The summed E-state index contributed by atoms with van der Waals surface area (Å²) in [6, 6.07) is 0. The van der Waals surface area contributed by atoms with Crippen molar-refractivity contribution in [1.29, 1.82) is 0 Å². The first-order valence-corrected chi connectivity index (χ1v) is 8.73. The lowest BCUT2D eigenvalue weighted by molar-refractivity contribution is 0.167. The van der Waals surface area contributed by atoms with Gasteiger partial charge in [0.05, 0.1) is 16.9 Å². The Hall–Kier alpha value is -1.53. The van der Waals surface area contributed by atoms with Gasteiger partial charge in [0.1, 0.15) is 5.82 Å². The molecular formula is C16H23N5S. The van der Waals surface area contributed by atoms with Gasteiger partial charge in [-0.05, 0) is 38.6 Å². The molecule has 0 saturated carbocycles. The molecule has 22 heavy (non-hydrogen) atoms. The van der Waals surface area contributed by atoms with E-state index in [9.17, 15) is 0 Å². The molecule has 1 saturated heterocycles. The van der Waals surface area contributed by atoms with Crippen LogP contribution >= 0.6 is 11.3 Å². The van der Waals surface area contributed by atoms with Crippen molar-refractivity contribution in [2.24, 2.45) is 5.92 Å². The van der Waals surface area contributed by atoms with Crippen LogP contribution in [0.1, 0.15) is 29.1 Å². The summed E-state index contributed by atoms with van der Waals surface area (Å²) >= 11 is 1.77. The highest BCUT2D eigenvalue weighted by Crippen LogP contribution is 2.25. The zero-order valence-electron chi connectivity index (χ0n) is 13.2. The number of anilines is 1. The molecule has 1 aliphatic rings. The standard InChI is InChI=1S/C16H23N5S/c1-12-15(22-11-20-12)10-21-7-3-4-13(9-21)8-14-16(17-2)19-6-5-18-14/h5-6,11,13H,3-4,7-10H2,1-2H3,(H,17,19)/t13-/m0/s1. The van der Waals surface area contributed by atoms with E-state index < -0.39 is 0 Å². The van der Waals surface area contributed by atoms with Crippen molar-refractivity contribution >= 4 is 17.2 Å². The van der Waals surface area contributed by atoms with Crippen LogP contribution in [0.15, 0.2) is 17.9 Å². The highest BCUT2D eigenvalue weighted by molar-refractivity contribution is 7.09. The van der Waals surface area contributed by atoms with Crippen LogP contribution < -0.4 is 5.32 Å². The Morgan fingerprint density at radius 3 is 2.95 bits per heavy atom. The van der Waals surface area contributed by atoms with Crippen molar-refractivity contribution in [2.75, 3.05) is 25.5 Å². The average molecular weight is 317 g/mol. The number of hydrogen-bond donors (Lipinski definition) is 1. The molecule has 0 aliphatic carbocycles. The minimum absolute atomic E-state index is 0.658.